The van der Waals surface area contributed by atoms with Crippen molar-refractivity contribution in [1.82, 2.24) is 0 Å². The Morgan fingerprint density at radius 3 is 2.67 bits per heavy atom. The Bertz CT molecular complexity index is 444. The fourth-order valence-corrected chi connectivity index (χ4v) is 2.36. The Kier molecular flexibility index (Phi) is 4.45. The molecule has 0 saturated heterocycles. The third kappa shape index (κ3) is 2.62. The summed E-state index contributed by atoms with van der Waals surface area (Å²) in [5, 5.41) is 13.8. The largest absolute Gasteiger partial charge is 0.394 e. The number of hydrogen-bond acceptors (Lipinski definition) is 4. The fourth-order valence-electron chi connectivity index (χ4n) is 1.77. The van der Waals surface area contributed by atoms with E-state index in [1.807, 2.05) is 6.92 Å². The van der Waals surface area contributed by atoms with Crippen LogP contribution in [0.5, 0.6) is 0 Å². The van der Waals surface area contributed by atoms with Crippen molar-refractivity contribution in [1.29, 1.82) is 0 Å². The lowest BCUT2D eigenvalue weighted by atomic mass is 9.98. The number of benzene rings is 1. The topological polar surface area (TPSA) is 51.0 Å². The molecule has 1 aromatic carbocycles. The van der Waals surface area contributed by atoms with Crippen LogP contribution >= 0.6 is 23.2 Å². The molecule has 1 aliphatic rings. The molecule has 98 valence electrons. The zero-order chi connectivity index (χ0) is 13.1. The van der Waals surface area contributed by atoms with Gasteiger partial charge in [0.05, 0.1) is 34.9 Å². The molecular formula is C12H13Cl2NO3. The summed E-state index contributed by atoms with van der Waals surface area (Å²) in [6.45, 7) is 2.05. The van der Waals surface area contributed by atoms with Crippen LogP contribution in [0.15, 0.2) is 23.4 Å². The monoisotopic (exact) mass is 289 g/mol. The van der Waals surface area contributed by atoms with Crippen molar-refractivity contribution in [3.05, 3.63) is 33.8 Å². The van der Waals surface area contributed by atoms with E-state index < -0.39 is 6.29 Å². The maximum Gasteiger partial charge on any atom is 0.235 e. The van der Waals surface area contributed by atoms with Gasteiger partial charge in [-0.3, -0.25) is 0 Å². The van der Waals surface area contributed by atoms with Crippen molar-refractivity contribution < 1.29 is 14.7 Å². The van der Waals surface area contributed by atoms with Crippen molar-refractivity contribution >= 4 is 28.9 Å². The van der Waals surface area contributed by atoms with Crippen LogP contribution in [0.25, 0.3) is 0 Å². The second kappa shape index (κ2) is 5.89. The van der Waals surface area contributed by atoms with Gasteiger partial charge in [0.2, 0.25) is 6.29 Å². The van der Waals surface area contributed by atoms with Gasteiger partial charge in [-0.05, 0) is 12.1 Å². The van der Waals surface area contributed by atoms with E-state index in [0.717, 1.165) is 0 Å². The van der Waals surface area contributed by atoms with E-state index >= 15 is 0 Å². The van der Waals surface area contributed by atoms with Crippen molar-refractivity contribution in [3.63, 3.8) is 0 Å². The summed E-state index contributed by atoms with van der Waals surface area (Å²) < 4.78 is 5.32. The average Bonchev–Trinajstić information content (AvgIpc) is 2.69. The molecule has 1 heterocycles. The molecule has 1 aliphatic heterocycles. The molecule has 1 N–H and O–H groups in total. The van der Waals surface area contributed by atoms with Crippen LogP contribution in [-0.2, 0) is 9.57 Å². The van der Waals surface area contributed by atoms with E-state index in [0.29, 0.717) is 21.3 Å². The van der Waals surface area contributed by atoms with Gasteiger partial charge < -0.3 is 14.7 Å². The Labute approximate surface area is 115 Å². The number of halogens is 2. The van der Waals surface area contributed by atoms with Gasteiger partial charge in [-0.1, -0.05) is 41.3 Å². The maximum atomic E-state index is 8.72. The molecule has 2 rings (SSSR count). The Balaban J connectivity index is 2.20. The smallest absolute Gasteiger partial charge is 0.235 e. The van der Waals surface area contributed by atoms with Crippen LogP contribution in [0.4, 0.5) is 0 Å². The van der Waals surface area contributed by atoms with Gasteiger partial charge in [-0.2, -0.15) is 0 Å². The lowest BCUT2D eigenvalue weighted by molar-refractivity contribution is -0.146. The number of nitrogens with zero attached hydrogens (tertiary/aromatic N) is 1. The van der Waals surface area contributed by atoms with Crippen LogP contribution < -0.4 is 0 Å². The molecule has 0 saturated carbocycles. The van der Waals surface area contributed by atoms with E-state index in [-0.39, 0.29) is 19.1 Å². The quantitative estimate of drug-likeness (QED) is 0.927. The van der Waals surface area contributed by atoms with Gasteiger partial charge in [0.25, 0.3) is 0 Å². The predicted octanol–water partition coefficient (Wildman–Crippen LogP) is 2.70. The van der Waals surface area contributed by atoms with Gasteiger partial charge in [-0.25, -0.2) is 0 Å². The lowest BCUT2D eigenvalue weighted by Crippen LogP contribution is -2.25. The first-order valence-corrected chi connectivity index (χ1v) is 6.31. The van der Waals surface area contributed by atoms with Crippen molar-refractivity contribution in [2.45, 2.75) is 13.2 Å². The summed E-state index contributed by atoms with van der Waals surface area (Å²) >= 11 is 12.3. The van der Waals surface area contributed by atoms with Crippen LogP contribution in [0, 0.1) is 5.92 Å². The number of ether oxygens (including phenoxy) is 1. The van der Waals surface area contributed by atoms with E-state index in [9.17, 15) is 0 Å². The lowest BCUT2D eigenvalue weighted by Gasteiger charge is -2.15. The molecule has 2 atom stereocenters. The first-order chi connectivity index (χ1) is 8.65. The third-order valence-corrected chi connectivity index (χ3v) is 3.32. The SMILES string of the molecule is CC1C(c2c(Cl)cccc2Cl)=NOC1OCCO. The number of aliphatic hydroxyl groups is 1. The Morgan fingerprint density at radius 2 is 2.06 bits per heavy atom. The molecule has 1 aromatic rings. The van der Waals surface area contributed by atoms with Gasteiger partial charge in [-0.15, -0.1) is 0 Å². The normalized spacial score (nSPS) is 22.8. The van der Waals surface area contributed by atoms with Crippen molar-refractivity contribution in [2.24, 2.45) is 11.1 Å². The molecule has 18 heavy (non-hydrogen) atoms. The summed E-state index contributed by atoms with van der Waals surface area (Å²) in [6.07, 6.45) is -0.514. The summed E-state index contributed by atoms with van der Waals surface area (Å²) in [6, 6.07) is 5.27. The van der Waals surface area contributed by atoms with Crippen LogP contribution in [0.2, 0.25) is 10.0 Å². The molecule has 0 fully saturated rings. The highest BCUT2D eigenvalue weighted by Crippen LogP contribution is 2.32. The Hall–Kier alpha value is -0.810. The minimum absolute atomic E-state index is 0.0608. The minimum atomic E-state index is -0.514. The van der Waals surface area contributed by atoms with Crippen LogP contribution in [-0.4, -0.2) is 30.3 Å². The predicted molar refractivity (Wildman–Crippen MR) is 70.1 cm³/mol. The Morgan fingerprint density at radius 1 is 1.39 bits per heavy atom. The summed E-state index contributed by atoms with van der Waals surface area (Å²) in [5.41, 5.74) is 1.33. The van der Waals surface area contributed by atoms with Gasteiger partial charge in [0, 0.05) is 5.56 Å². The van der Waals surface area contributed by atoms with Gasteiger partial charge in [0.15, 0.2) is 0 Å². The molecule has 0 amide bonds. The molecule has 2 unspecified atom stereocenters. The number of aliphatic hydroxyl groups excluding tert-OH is 1. The molecular weight excluding hydrogens is 277 g/mol. The second-order valence-corrected chi connectivity index (χ2v) is 4.74. The first kappa shape index (κ1) is 13.6. The summed E-state index contributed by atoms with van der Waals surface area (Å²) in [7, 11) is 0. The molecule has 0 aromatic heterocycles. The summed E-state index contributed by atoms with van der Waals surface area (Å²) in [4.78, 5) is 5.18. The molecule has 4 nitrogen and oxygen atoms in total. The average molecular weight is 290 g/mol. The molecule has 0 aliphatic carbocycles. The molecule has 0 spiro atoms. The zero-order valence-corrected chi connectivity index (χ0v) is 11.3. The number of oxime groups is 1. The highest BCUT2D eigenvalue weighted by Gasteiger charge is 2.33. The van der Waals surface area contributed by atoms with Crippen molar-refractivity contribution in [2.75, 3.05) is 13.2 Å². The van der Waals surface area contributed by atoms with E-state index in [2.05, 4.69) is 5.16 Å². The third-order valence-electron chi connectivity index (χ3n) is 2.69. The fraction of sp³-hybridized carbons (Fsp3) is 0.417. The molecule has 6 heteroatoms. The van der Waals surface area contributed by atoms with Gasteiger partial charge >= 0.3 is 0 Å². The zero-order valence-electron chi connectivity index (χ0n) is 9.77. The highest BCUT2D eigenvalue weighted by molar-refractivity contribution is 6.40. The standard InChI is InChI=1S/C12H13Cl2NO3/c1-7-11(15-18-12(7)17-6-5-16)10-8(13)3-2-4-9(10)14/h2-4,7,12,16H,5-6H2,1H3. The van der Waals surface area contributed by atoms with E-state index in [1.54, 1.807) is 18.2 Å². The maximum absolute atomic E-state index is 8.72. The summed E-state index contributed by atoms with van der Waals surface area (Å²) in [5.74, 6) is -0.103. The van der Waals surface area contributed by atoms with E-state index in [4.69, 9.17) is 37.9 Å². The molecule has 0 radical (unpaired) electrons. The van der Waals surface area contributed by atoms with Crippen LogP contribution in [0.3, 0.4) is 0 Å². The number of rotatable bonds is 4. The highest BCUT2D eigenvalue weighted by atomic mass is 35.5. The second-order valence-electron chi connectivity index (χ2n) is 3.93. The molecule has 0 bridgehead atoms. The van der Waals surface area contributed by atoms with E-state index in [1.165, 1.54) is 0 Å². The van der Waals surface area contributed by atoms with Gasteiger partial charge in [0.1, 0.15) is 0 Å². The minimum Gasteiger partial charge on any atom is -0.394 e. The van der Waals surface area contributed by atoms with Crippen molar-refractivity contribution in [3.8, 4) is 0 Å². The number of hydrogen-bond donors (Lipinski definition) is 1. The van der Waals surface area contributed by atoms with Crippen LogP contribution in [0.1, 0.15) is 12.5 Å². The first-order valence-electron chi connectivity index (χ1n) is 5.55.